The third kappa shape index (κ3) is 4.17. The normalized spacial score (nSPS) is 12.3. The van der Waals surface area contributed by atoms with Crippen LogP contribution in [0.25, 0.3) is 0 Å². The van der Waals surface area contributed by atoms with E-state index in [-0.39, 0.29) is 23.6 Å². The Balaban J connectivity index is 1.68. The third-order valence-electron chi connectivity index (χ3n) is 3.86. The summed E-state index contributed by atoms with van der Waals surface area (Å²) >= 11 is 0. The summed E-state index contributed by atoms with van der Waals surface area (Å²) in [6.45, 7) is -0.520. The molecule has 0 bridgehead atoms. The number of fused-ring (bicyclic) bond motifs is 1. The minimum absolute atomic E-state index is 0.0676. The van der Waals surface area contributed by atoms with Crippen LogP contribution >= 0.6 is 0 Å². The van der Waals surface area contributed by atoms with Gasteiger partial charge in [0.05, 0.1) is 25.5 Å². The Kier molecular flexibility index (Phi) is 5.25. The summed E-state index contributed by atoms with van der Waals surface area (Å²) < 4.78 is 20.5. The molecule has 1 heterocycles. The Morgan fingerprint density at radius 3 is 2.41 bits per heavy atom. The first-order valence-corrected chi connectivity index (χ1v) is 8.00. The summed E-state index contributed by atoms with van der Waals surface area (Å²) in [6.07, 6.45) is 0. The van der Waals surface area contributed by atoms with E-state index in [1.54, 1.807) is 18.2 Å². The molecule has 1 amide bonds. The van der Waals surface area contributed by atoms with Crippen LogP contribution in [-0.4, -0.2) is 45.1 Å². The molecule has 0 saturated heterocycles. The van der Waals surface area contributed by atoms with Crippen molar-refractivity contribution in [3.05, 3.63) is 47.5 Å². The van der Waals surface area contributed by atoms with Gasteiger partial charge < -0.3 is 24.3 Å². The van der Waals surface area contributed by atoms with Gasteiger partial charge in [0.2, 0.25) is 0 Å². The van der Waals surface area contributed by atoms with Crippen molar-refractivity contribution in [3.63, 3.8) is 0 Å². The van der Waals surface area contributed by atoms with E-state index >= 15 is 0 Å². The van der Waals surface area contributed by atoms with Crippen molar-refractivity contribution in [3.8, 4) is 17.2 Å². The zero-order valence-electron chi connectivity index (χ0n) is 14.7. The second-order valence-corrected chi connectivity index (χ2v) is 5.65. The SMILES string of the molecule is COc1cc(OC)cc(C(=O)OCC(=O)c2ccc3c(c2)NC(=O)CO3)c1. The van der Waals surface area contributed by atoms with E-state index < -0.39 is 18.4 Å². The van der Waals surface area contributed by atoms with Gasteiger partial charge in [-0.25, -0.2) is 4.79 Å². The number of rotatable bonds is 6. The summed E-state index contributed by atoms with van der Waals surface area (Å²) in [6, 6.07) is 9.20. The molecule has 8 heteroatoms. The highest BCUT2D eigenvalue weighted by Crippen LogP contribution is 2.28. The molecular formula is C19H17NO7. The van der Waals surface area contributed by atoms with Gasteiger partial charge in [-0.3, -0.25) is 9.59 Å². The number of carbonyl (C=O) groups is 3. The zero-order chi connectivity index (χ0) is 19.4. The lowest BCUT2D eigenvalue weighted by Crippen LogP contribution is -2.25. The Bertz CT molecular complexity index is 885. The second kappa shape index (κ2) is 7.77. The highest BCUT2D eigenvalue weighted by Gasteiger charge is 2.19. The fraction of sp³-hybridized carbons (Fsp3) is 0.211. The van der Waals surface area contributed by atoms with E-state index in [0.29, 0.717) is 22.9 Å². The topological polar surface area (TPSA) is 100 Å². The summed E-state index contributed by atoms with van der Waals surface area (Å²) in [5.74, 6) is -0.0655. The number of carbonyl (C=O) groups excluding carboxylic acids is 3. The van der Waals surface area contributed by atoms with E-state index in [9.17, 15) is 14.4 Å². The minimum atomic E-state index is -0.685. The van der Waals surface area contributed by atoms with Crippen LogP contribution in [0.5, 0.6) is 17.2 Å². The average Bonchev–Trinajstić information content (AvgIpc) is 2.70. The largest absolute Gasteiger partial charge is 0.497 e. The highest BCUT2D eigenvalue weighted by molar-refractivity contribution is 6.02. The van der Waals surface area contributed by atoms with E-state index in [1.807, 2.05) is 0 Å². The molecule has 8 nitrogen and oxygen atoms in total. The number of ether oxygens (including phenoxy) is 4. The summed E-state index contributed by atoms with van der Waals surface area (Å²) in [7, 11) is 2.93. The monoisotopic (exact) mass is 371 g/mol. The predicted octanol–water partition coefficient (Wildman–Crippen LogP) is 2.07. The Labute approximate surface area is 155 Å². The maximum absolute atomic E-state index is 12.3. The molecule has 2 aromatic rings. The molecule has 1 aliphatic rings. The van der Waals surface area contributed by atoms with Gasteiger partial charge in [0.1, 0.15) is 17.2 Å². The lowest BCUT2D eigenvalue weighted by atomic mass is 10.1. The molecular weight excluding hydrogens is 354 g/mol. The first-order chi connectivity index (χ1) is 13.0. The molecule has 0 saturated carbocycles. The number of Topliss-reactive ketones (excluding diaryl/α,β-unsaturated/α-hetero) is 1. The molecule has 0 unspecified atom stereocenters. The highest BCUT2D eigenvalue weighted by atomic mass is 16.5. The lowest BCUT2D eigenvalue weighted by molar-refractivity contribution is -0.118. The van der Waals surface area contributed by atoms with Gasteiger partial charge in [0.25, 0.3) is 5.91 Å². The molecule has 0 aromatic heterocycles. The van der Waals surface area contributed by atoms with E-state index in [1.165, 1.54) is 32.4 Å². The number of amides is 1. The van der Waals surface area contributed by atoms with Crippen LogP contribution in [0.15, 0.2) is 36.4 Å². The number of esters is 1. The molecule has 1 N–H and O–H groups in total. The van der Waals surface area contributed by atoms with Crippen molar-refractivity contribution < 1.29 is 33.3 Å². The van der Waals surface area contributed by atoms with Crippen LogP contribution in [0.1, 0.15) is 20.7 Å². The van der Waals surface area contributed by atoms with Crippen LogP contribution in [0.4, 0.5) is 5.69 Å². The van der Waals surface area contributed by atoms with Crippen LogP contribution < -0.4 is 19.5 Å². The van der Waals surface area contributed by atoms with Gasteiger partial charge in [0, 0.05) is 11.6 Å². The molecule has 0 radical (unpaired) electrons. The van der Waals surface area contributed by atoms with Crippen molar-refractivity contribution in [2.24, 2.45) is 0 Å². The Hall–Kier alpha value is -3.55. The molecule has 0 spiro atoms. The molecule has 27 heavy (non-hydrogen) atoms. The van der Waals surface area contributed by atoms with Crippen molar-refractivity contribution in [2.45, 2.75) is 0 Å². The second-order valence-electron chi connectivity index (χ2n) is 5.65. The third-order valence-corrected chi connectivity index (χ3v) is 3.86. The molecule has 0 fully saturated rings. The maximum Gasteiger partial charge on any atom is 0.338 e. The quantitative estimate of drug-likeness (QED) is 0.613. The Morgan fingerprint density at radius 2 is 1.74 bits per heavy atom. The summed E-state index contributed by atoms with van der Waals surface area (Å²) in [5, 5.41) is 2.62. The van der Waals surface area contributed by atoms with Crippen LogP contribution in [0.3, 0.4) is 0 Å². The van der Waals surface area contributed by atoms with Crippen molar-refractivity contribution in [2.75, 3.05) is 32.8 Å². The number of anilines is 1. The van der Waals surface area contributed by atoms with Gasteiger partial charge in [-0.15, -0.1) is 0 Å². The molecule has 0 atom stereocenters. The molecule has 2 aromatic carbocycles. The first-order valence-electron chi connectivity index (χ1n) is 8.00. The average molecular weight is 371 g/mol. The standard InChI is InChI=1S/C19H17NO7/c1-24-13-5-12(6-14(8-13)25-2)19(23)27-9-16(21)11-3-4-17-15(7-11)20-18(22)10-26-17/h3-8H,9-10H2,1-2H3,(H,20,22). The predicted molar refractivity (Wildman–Crippen MR) is 94.7 cm³/mol. The van der Waals surface area contributed by atoms with Crippen molar-refractivity contribution in [1.82, 2.24) is 0 Å². The number of benzene rings is 2. The van der Waals surface area contributed by atoms with Crippen molar-refractivity contribution in [1.29, 1.82) is 0 Å². The van der Waals surface area contributed by atoms with Crippen LogP contribution in [-0.2, 0) is 9.53 Å². The van der Waals surface area contributed by atoms with Crippen LogP contribution in [0.2, 0.25) is 0 Å². The van der Waals surface area contributed by atoms with Crippen LogP contribution in [0, 0.1) is 0 Å². The molecule has 140 valence electrons. The first kappa shape index (κ1) is 18.2. The fourth-order valence-electron chi connectivity index (χ4n) is 2.48. The van der Waals surface area contributed by atoms with Crippen molar-refractivity contribution >= 4 is 23.3 Å². The van der Waals surface area contributed by atoms with E-state index in [0.717, 1.165) is 0 Å². The minimum Gasteiger partial charge on any atom is -0.497 e. The van der Waals surface area contributed by atoms with E-state index in [2.05, 4.69) is 5.32 Å². The number of hydrogen-bond acceptors (Lipinski definition) is 7. The maximum atomic E-state index is 12.3. The van der Waals surface area contributed by atoms with Gasteiger partial charge in [-0.05, 0) is 30.3 Å². The summed E-state index contributed by atoms with van der Waals surface area (Å²) in [4.78, 5) is 35.9. The lowest BCUT2D eigenvalue weighted by Gasteiger charge is -2.18. The number of methoxy groups -OCH3 is 2. The number of hydrogen-bond donors (Lipinski definition) is 1. The number of nitrogens with one attached hydrogen (secondary N) is 1. The number of ketones is 1. The van der Waals surface area contributed by atoms with Gasteiger partial charge in [0.15, 0.2) is 19.0 Å². The summed E-state index contributed by atoms with van der Waals surface area (Å²) in [5.41, 5.74) is 0.890. The molecule has 0 aliphatic carbocycles. The van der Waals surface area contributed by atoms with E-state index in [4.69, 9.17) is 18.9 Å². The fourth-order valence-corrected chi connectivity index (χ4v) is 2.48. The van der Waals surface area contributed by atoms with Gasteiger partial charge >= 0.3 is 5.97 Å². The molecule has 1 aliphatic heterocycles. The zero-order valence-corrected chi connectivity index (χ0v) is 14.7. The van der Waals surface area contributed by atoms with Gasteiger partial charge in [-0.1, -0.05) is 0 Å². The van der Waals surface area contributed by atoms with Gasteiger partial charge in [-0.2, -0.15) is 0 Å². The smallest absolute Gasteiger partial charge is 0.338 e. The molecule has 3 rings (SSSR count). The Morgan fingerprint density at radius 1 is 1.04 bits per heavy atom.